The van der Waals surface area contributed by atoms with Gasteiger partial charge in [0.05, 0.1) is 23.2 Å². The third-order valence-corrected chi connectivity index (χ3v) is 6.12. The molecule has 0 spiro atoms. The quantitative estimate of drug-likeness (QED) is 0.837. The number of hydrogen-bond acceptors (Lipinski definition) is 2. The Hall–Kier alpha value is -2.20. The minimum atomic E-state index is -0.692. The Morgan fingerprint density at radius 1 is 1.36 bits per heavy atom. The van der Waals surface area contributed by atoms with E-state index in [1.54, 1.807) is 12.1 Å². The van der Waals surface area contributed by atoms with Crippen LogP contribution in [0.25, 0.3) is 11.8 Å². The predicted molar refractivity (Wildman–Crippen MR) is 96.9 cm³/mol. The van der Waals surface area contributed by atoms with Gasteiger partial charge in [0.25, 0.3) is 0 Å². The van der Waals surface area contributed by atoms with Crippen LogP contribution in [-0.4, -0.2) is 20.5 Å². The van der Waals surface area contributed by atoms with E-state index in [9.17, 15) is 9.50 Å². The molecule has 0 amide bonds. The number of allylic oxidation sites excluding steroid dienone is 1. The topological polar surface area (TPSA) is 38.1 Å². The van der Waals surface area contributed by atoms with Crippen LogP contribution in [0.1, 0.15) is 43.9 Å². The Bertz CT molecular complexity index is 851. The Labute approximate surface area is 147 Å². The molecule has 25 heavy (non-hydrogen) atoms. The highest BCUT2D eigenvalue weighted by atomic mass is 19.1. The van der Waals surface area contributed by atoms with Gasteiger partial charge in [-0.05, 0) is 68.0 Å². The van der Waals surface area contributed by atoms with Crippen molar-refractivity contribution in [3.05, 3.63) is 65.8 Å². The van der Waals surface area contributed by atoms with Crippen molar-refractivity contribution in [2.75, 3.05) is 0 Å². The summed E-state index contributed by atoms with van der Waals surface area (Å²) in [5.74, 6) is -0.251. The summed E-state index contributed by atoms with van der Waals surface area (Å²) >= 11 is 0. The molecule has 2 aliphatic carbocycles. The molecule has 4 heteroatoms. The number of rotatable bonds is 4. The second kappa shape index (κ2) is 5.67. The molecule has 1 heterocycles. The summed E-state index contributed by atoms with van der Waals surface area (Å²) in [6, 6.07) is 6.38. The van der Waals surface area contributed by atoms with Crippen LogP contribution in [0.5, 0.6) is 0 Å². The Kier molecular flexibility index (Phi) is 3.69. The van der Waals surface area contributed by atoms with Gasteiger partial charge < -0.3 is 5.11 Å². The maximum atomic E-state index is 13.2. The summed E-state index contributed by atoms with van der Waals surface area (Å²) < 4.78 is 15.1. The summed E-state index contributed by atoms with van der Waals surface area (Å²) in [5.41, 5.74) is 3.38. The van der Waals surface area contributed by atoms with Crippen LogP contribution in [0.3, 0.4) is 0 Å². The lowest BCUT2D eigenvalue weighted by Gasteiger charge is -2.42. The molecular weight excluding hydrogens is 315 g/mol. The van der Waals surface area contributed by atoms with Gasteiger partial charge >= 0.3 is 0 Å². The van der Waals surface area contributed by atoms with Gasteiger partial charge in [-0.15, -0.1) is 6.58 Å². The summed E-state index contributed by atoms with van der Waals surface area (Å²) in [5, 5.41) is 15.8. The van der Waals surface area contributed by atoms with Crippen LogP contribution in [-0.2, 0) is 6.42 Å². The molecule has 130 valence electrons. The second-order valence-corrected chi connectivity index (χ2v) is 7.48. The van der Waals surface area contributed by atoms with Gasteiger partial charge in [0.2, 0.25) is 0 Å². The Morgan fingerprint density at radius 2 is 2.12 bits per heavy atom. The van der Waals surface area contributed by atoms with Gasteiger partial charge in [0.15, 0.2) is 0 Å². The number of aromatic nitrogens is 2. The van der Waals surface area contributed by atoms with E-state index in [4.69, 9.17) is 0 Å². The summed E-state index contributed by atoms with van der Waals surface area (Å²) in [6.07, 6.45) is 9.97. The highest BCUT2D eigenvalue weighted by molar-refractivity contribution is 5.62. The smallest absolute Gasteiger partial charge is 0.123 e. The maximum absolute atomic E-state index is 13.2. The van der Waals surface area contributed by atoms with Crippen LogP contribution >= 0.6 is 0 Å². The van der Waals surface area contributed by atoms with Gasteiger partial charge in [-0.25, -0.2) is 9.07 Å². The van der Waals surface area contributed by atoms with Crippen LogP contribution in [0.4, 0.5) is 4.39 Å². The molecule has 0 bridgehead atoms. The Morgan fingerprint density at radius 3 is 2.84 bits per heavy atom. The van der Waals surface area contributed by atoms with E-state index in [0.29, 0.717) is 0 Å². The molecule has 2 aromatic rings. The zero-order valence-corrected chi connectivity index (χ0v) is 14.5. The normalized spacial score (nSPS) is 27.6. The van der Waals surface area contributed by atoms with Gasteiger partial charge in [-0.1, -0.05) is 18.6 Å². The molecule has 4 rings (SSSR count). The van der Waals surface area contributed by atoms with Crippen LogP contribution in [0.2, 0.25) is 0 Å². The largest absolute Gasteiger partial charge is 0.389 e. The average Bonchev–Trinajstić information content (AvgIpc) is 3.11. The van der Waals surface area contributed by atoms with E-state index in [0.717, 1.165) is 49.0 Å². The van der Waals surface area contributed by atoms with Crippen molar-refractivity contribution >= 4 is 6.08 Å². The molecule has 0 unspecified atom stereocenters. The highest BCUT2D eigenvalue weighted by Gasteiger charge is 2.54. The van der Waals surface area contributed by atoms with E-state index in [1.807, 2.05) is 17.0 Å². The van der Waals surface area contributed by atoms with Crippen molar-refractivity contribution in [1.29, 1.82) is 0 Å². The van der Waals surface area contributed by atoms with Crippen molar-refractivity contribution in [3.8, 4) is 5.69 Å². The molecule has 2 atom stereocenters. The van der Waals surface area contributed by atoms with E-state index in [2.05, 4.69) is 24.7 Å². The number of halogens is 1. The number of hydrogen-bond donors (Lipinski definition) is 1. The third-order valence-electron chi connectivity index (χ3n) is 6.12. The number of fused-ring (bicyclic) bond motifs is 2. The highest BCUT2D eigenvalue weighted by Crippen LogP contribution is 2.56. The van der Waals surface area contributed by atoms with Crippen LogP contribution in [0, 0.1) is 11.2 Å². The first kappa shape index (κ1) is 16.3. The second-order valence-electron chi connectivity index (χ2n) is 7.48. The van der Waals surface area contributed by atoms with Gasteiger partial charge in [-0.3, -0.25) is 0 Å². The molecule has 1 fully saturated rings. The molecule has 1 N–H and O–H groups in total. The molecule has 0 radical (unpaired) electrons. The molecule has 1 aromatic carbocycles. The lowest BCUT2D eigenvalue weighted by molar-refractivity contribution is -0.0456. The van der Waals surface area contributed by atoms with Crippen LogP contribution < -0.4 is 0 Å². The Balaban J connectivity index is 1.74. The van der Waals surface area contributed by atoms with E-state index in [-0.39, 0.29) is 11.2 Å². The zero-order valence-electron chi connectivity index (χ0n) is 14.5. The van der Waals surface area contributed by atoms with E-state index < -0.39 is 5.60 Å². The van der Waals surface area contributed by atoms with Crippen molar-refractivity contribution < 1.29 is 9.50 Å². The van der Waals surface area contributed by atoms with Gasteiger partial charge in [0.1, 0.15) is 5.82 Å². The molecule has 1 aromatic heterocycles. The number of benzene rings is 1. The van der Waals surface area contributed by atoms with Crippen molar-refractivity contribution in [2.45, 2.75) is 44.6 Å². The fourth-order valence-electron chi connectivity index (χ4n) is 4.46. The molecular formula is C21H23FN2O. The standard InChI is InChI=1S/C21H23FN2O/c1-3-4-10-21(25)11-9-16-12-19-15(13-20(16,21)2)14-23-24(19)18-7-5-17(22)6-8-18/h3,5-8,12,14,25H,1,4,9-11,13H2,2H3/t20-,21-/m0/s1. The third kappa shape index (κ3) is 2.39. The SMILES string of the molecule is C=CCC[C@]1(O)CCC2=Cc3c(cnn3-c3ccc(F)cc3)C[C@@]21C. The lowest BCUT2D eigenvalue weighted by Crippen LogP contribution is -2.45. The monoisotopic (exact) mass is 338 g/mol. The summed E-state index contributed by atoms with van der Waals surface area (Å²) in [4.78, 5) is 0. The molecule has 0 saturated heterocycles. The lowest BCUT2D eigenvalue weighted by atomic mass is 9.66. The van der Waals surface area contributed by atoms with E-state index >= 15 is 0 Å². The van der Waals surface area contributed by atoms with E-state index in [1.165, 1.54) is 17.7 Å². The number of aliphatic hydroxyl groups is 1. The first-order valence-corrected chi connectivity index (χ1v) is 8.84. The molecule has 2 aliphatic rings. The zero-order chi connectivity index (χ0) is 17.7. The minimum absolute atomic E-state index is 0.250. The summed E-state index contributed by atoms with van der Waals surface area (Å²) in [6.45, 7) is 5.97. The van der Waals surface area contributed by atoms with Crippen molar-refractivity contribution in [3.63, 3.8) is 0 Å². The molecule has 0 aliphatic heterocycles. The van der Waals surface area contributed by atoms with Gasteiger partial charge in [0, 0.05) is 5.41 Å². The first-order chi connectivity index (χ1) is 12.0. The van der Waals surface area contributed by atoms with Crippen molar-refractivity contribution in [1.82, 2.24) is 9.78 Å². The molecule has 1 saturated carbocycles. The van der Waals surface area contributed by atoms with Crippen molar-refractivity contribution in [2.24, 2.45) is 5.41 Å². The fraction of sp³-hybridized carbons (Fsp3) is 0.381. The molecule has 3 nitrogen and oxygen atoms in total. The average molecular weight is 338 g/mol. The number of nitrogens with zero attached hydrogens (tertiary/aromatic N) is 2. The predicted octanol–water partition coefficient (Wildman–Crippen LogP) is 4.45. The van der Waals surface area contributed by atoms with Crippen LogP contribution in [0.15, 0.2) is 48.7 Å². The summed E-state index contributed by atoms with van der Waals surface area (Å²) in [7, 11) is 0. The maximum Gasteiger partial charge on any atom is 0.123 e. The first-order valence-electron chi connectivity index (χ1n) is 8.84. The minimum Gasteiger partial charge on any atom is -0.389 e. The van der Waals surface area contributed by atoms with Gasteiger partial charge in [-0.2, -0.15) is 5.10 Å². The fourth-order valence-corrected chi connectivity index (χ4v) is 4.46.